The fourth-order valence-electron chi connectivity index (χ4n) is 2.25. The van der Waals surface area contributed by atoms with Crippen LogP contribution in [-0.2, 0) is 11.2 Å². The average Bonchev–Trinajstić information content (AvgIpc) is 2.48. The molecule has 21 heavy (non-hydrogen) atoms. The second-order valence-electron chi connectivity index (χ2n) is 5.24. The molecular weight excluding hydrogens is 265 g/mol. The Kier molecular flexibility index (Phi) is 5.09. The van der Waals surface area contributed by atoms with E-state index >= 15 is 0 Å². The van der Waals surface area contributed by atoms with E-state index in [2.05, 4.69) is 5.32 Å². The third-order valence-electron chi connectivity index (χ3n) is 3.50. The van der Waals surface area contributed by atoms with Crippen molar-refractivity contribution in [3.63, 3.8) is 0 Å². The molecule has 2 nitrogen and oxygen atoms in total. The minimum Gasteiger partial charge on any atom is -0.349 e. The predicted molar refractivity (Wildman–Crippen MR) is 82.5 cm³/mol. The van der Waals surface area contributed by atoms with Crippen LogP contribution in [0.15, 0.2) is 48.5 Å². The Morgan fingerprint density at radius 2 is 1.71 bits per heavy atom. The summed E-state index contributed by atoms with van der Waals surface area (Å²) in [5.41, 5.74) is 3.12. The van der Waals surface area contributed by atoms with Crippen molar-refractivity contribution < 1.29 is 9.18 Å². The molecule has 0 spiro atoms. The van der Waals surface area contributed by atoms with Crippen molar-refractivity contribution in [2.75, 3.05) is 0 Å². The van der Waals surface area contributed by atoms with E-state index in [-0.39, 0.29) is 24.2 Å². The molecular formula is C18H20FNO. The maximum Gasteiger partial charge on any atom is 0.224 e. The Bertz CT molecular complexity index is 590. The van der Waals surface area contributed by atoms with Gasteiger partial charge in [0.1, 0.15) is 5.82 Å². The number of aryl methyl sites for hydroxylation is 1. The Morgan fingerprint density at radius 1 is 1.10 bits per heavy atom. The lowest BCUT2D eigenvalue weighted by atomic mass is 10.0. The number of amides is 1. The molecule has 0 radical (unpaired) electrons. The monoisotopic (exact) mass is 285 g/mol. The third-order valence-corrected chi connectivity index (χ3v) is 3.50. The highest BCUT2D eigenvalue weighted by atomic mass is 19.1. The zero-order valence-corrected chi connectivity index (χ0v) is 12.4. The smallest absolute Gasteiger partial charge is 0.224 e. The van der Waals surface area contributed by atoms with Crippen LogP contribution in [0.3, 0.4) is 0 Å². The average molecular weight is 285 g/mol. The molecule has 1 atom stereocenters. The maximum absolute atomic E-state index is 12.8. The lowest BCUT2D eigenvalue weighted by molar-refractivity contribution is -0.121. The largest absolute Gasteiger partial charge is 0.349 e. The Morgan fingerprint density at radius 3 is 2.29 bits per heavy atom. The SMILES string of the molecule is CC[C@@H](NC(=O)Cc1ccc(F)cc1)c1ccc(C)cc1. The first-order valence-corrected chi connectivity index (χ1v) is 7.19. The van der Waals surface area contributed by atoms with Crippen LogP contribution in [-0.4, -0.2) is 5.91 Å². The first kappa shape index (κ1) is 15.2. The van der Waals surface area contributed by atoms with Crippen LogP contribution in [0.25, 0.3) is 0 Å². The van der Waals surface area contributed by atoms with Crippen molar-refractivity contribution in [2.45, 2.75) is 32.7 Å². The number of nitrogens with one attached hydrogen (secondary N) is 1. The maximum atomic E-state index is 12.8. The highest BCUT2D eigenvalue weighted by molar-refractivity contribution is 5.79. The van der Waals surface area contributed by atoms with Crippen molar-refractivity contribution in [1.29, 1.82) is 0 Å². The standard InChI is InChI=1S/C18H20FNO/c1-3-17(15-8-4-13(2)5-9-15)20-18(21)12-14-6-10-16(19)11-7-14/h4-11,17H,3,12H2,1-2H3,(H,20,21)/t17-/m1/s1. The van der Waals surface area contributed by atoms with E-state index < -0.39 is 0 Å². The van der Waals surface area contributed by atoms with E-state index in [1.165, 1.54) is 17.7 Å². The summed E-state index contributed by atoms with van der Waals surface area (Å²) in [5.74, 6) is -0.334. The Balaban J connectivity index is 1.99. The number of halogens is 1. The molecule has 2 aromatic rings. The highest BCUT2D eigenvalue weighted by Crippen LogP contribution is 2.17. The van der Waals surface area contributed by atoms with Crippen molar-refractivity contribution in [3.05, 3.63) is 71.0 Å². The van der Waals surface area contributed by atoms with Gasteiger partial charge in [-0.25, -0.2) is 4.39 Å². The van der Waals surface area contributed by atoms with Gasteiger partial charge in [-0.05, 0) is 36.6 Å². The van der Waals surface area contributed by atoms with Crippen LogP contribution in [0.2, 0.25) is 0 Å². The molecule has 0 saturated carbocycles. The first-order valence-electron chi connectivity index (χ1n) is 7.19. The van der Waals surface area contributed by atoms with Gasteiger partial charge in [0.05, 0.1) is 12.5 Å². The summed E-state index contributed by atoms with van der Waals surface area (Å²) in [7, 11) is 0. The van der Waals surface area contributed by atoms with E-state index in [4.69, 9.17) is 0 Å². The van der Waals surface area contributed by atoms with Gasteiger partial charge in [-0.15, -0.1) is 0 Å². The Labute approximate surface area is 125 Å². The number of benzene rings is 2. The summed E-state index contributed by atoms with van der Waals surface area (Å²) in [4.78, 5) is 12.1. The molecule has 0 fully saturated rings. The van der Waals surface area contributed by atoms with Gasteiger partial charge in [0.2, 0.25) is 5.91 Å². The molecule has 0 unspecified atom stereocenters. The molecule has 0 aromatic heterocycles. The second-order valence-corrected chi connectivity index (χ2v) is 5.24. The zero-order chi connectivity index (χ0) is 15.2. The number of hydrogen-bond acceptors (Lipinski definition) is 1. The summed E-state index contributed by atoms with van der Waals surface area (Å²) >= 11 is 0. The Hall–Kier alpha value is -2.16. The molecule has 2 aromatic carbocycles. The first-order chi connectivity index (χ1) is 10.1. The minimum atomic E-state index is -0.287. The van der Waals surface area contributed by atoms with Gasteiger partial charge < -0.3 is 5.32 Å². The molecule has 0 saturated heterocycles. The van der Waals surface area contributed by atoms with Crippen LogP contribution in [0.1, 0.15) is 36.1 Å². The predicted octanol–water partition coefficient (Wildman–Crippen LogP) is 3.94. The van der Waals surface area contributed by atoms with Crippen molar-refractivity contribution in [2.24, 2.45) is 0 Å². The highest BCUT2D eigenvalue weighted by Gasteiger charge is 2.12. The summed E-state index contributed by atoms with van der Waals surface area (Å²) in [6, 6.07) is 14.2. The van der Waals surface area contributed by atoms with Gasteiger partial charge in [0.25, 0.3) is 0 Å². The van der Waals surface area contributed by atoms with Gasteiger partial charge in [-0.1, -0.05) is 48.9 Å². The number of hydrogen-bond donors (Lipinski definition) is 1. The second kappa shape index (κ2) is 7.02. The van der Waals surface area contributed by atoms with Crippen LogP contribution in [0, 0.1) is 12.7 Å². The summed E-state index contributed by atoms with van der Waals surface area (Å²) in [5, 5.41) is 3.03. The molecule has 1 amide bonds. The van der Waals surface area contributed by atoms with E-state index in [0.29, 0.717) is 0 Å². The summed E-state index contributed by atoms with van der Waals surface area (Å²) in [6.45, 7) is 4.08. The zero-order valence-electron chi connectivity index (χ0n) is 12.4. The van der Waals surface area contributed by atoms with Gasteiger partial charge in [0.15, 0.2) is 0 Å². The number of rotatable bonds is 5. The normalized spacial score (nSPS) is 12.0. The minimum absolute atomic E-state index is 0.0125. The van der Waals surface area contributed by atoms with Crippen molar-refractivity contribution in [3.8, 4) is 0 Å². The fourth-order valence-corrected chi connectivity index (χ4v) is 2.25. The summed E-state index contributed by atoms with van der Waals surface area (Å²) in [6.07, 6.45) is 1.10. The van der Waals surface area contributed by atoms with Gasteiger partial charge >= 0.3 is 0 Å². The van der Waals surface area contributed by atoms with Crippen LogP contribution in [0.5, 0.6) is 0 Å². The van der Waals surface area contributed by atoms with Crippen LogP contribution < -0.4 is 5.32 Å². The molecule has 1 N–H and O–H groups in total. The van der Waals surface area contributed by atoms with Gasteiger partial charge in [-0.3, -0.25) is 4.79 Å². The quantitative estimate of drug-likeness (QED) is 0.885. The van der Waals surface area contributed by atoms with Gasteiger partial charge in [-0.2, -0.15) is 0 Å². The van der Waals surface area contributed by atoms with Gasteiger partial charge in [0, 0.05) is 0 Å². The molecule has 110 valence electrons. The van der Waals surface area contributed by atoms with E-state index in [1.54, 1.807) is 12.1 Å². The topological polar surface area (TPSA) is 29.1 Å². The number of carbonyl (C=O) groups excluding carboxylic acids is 1. The van der Waals surface area contributed by atoms with E-state index in [1.807, 2.05) is 38.1 Å². The molecule has 0 aliphatic carbocycles. The summed E-state index contributed by atoms with van der Waals surface area (Å²) < 4.78 is 12.8. The molecule has 0 aliphatic heterocycles. The molecule has 0 aliphatic rings. The molecule has 3 heteroatoms. The molecule has 0 heterocycles. The van der Waals surface area contributed by atoms with Crippen LogP contribution in [0.4, 0.5) is 4.39 Å². The molecule has 0 bridgehead atoms. The van der Waals surface area contributed by atoms with E-state index in [9.17, 15) is 9.18 Å². The fraction of sp³-hybridized carbons (Fsp3) is 0.278. The number of carbonyl (C=O) groups is 1. The van der Waals surface area contributed by atoms with Crippen molar-refractivity contribution >= 4 is 5.91 Å². The molecule has 2 rings (SSSR count). The van der Waals surface area contributed by atoms with E-state index in [0.717, 1.165) is 17.5 Å². The third kappa shape index (κ3) is 4.42. The van der Waals surface area contributed by atoms with Crippen molar-refractivity contribution in [1.82, 2.24) is 5.32 Å². The lowest BCUT2D eigenvalue weighted by Crippen LogP contribution is -2.29. The van der Waals surface area contributed by atoms with Crippen LogP contribution >= 0.6 is 0 Å². The lowest BCUT2D eigenvalue weighted by Gasteiger charge is -2.17.